The topological polar surface area (TPSA) is 75.6 Å². The minimum atomic E-state index is 0.0688. The molecule has 1 aromatic heterocycles. The van der Waals surface area contributed by atoms with Crippen molar-refractivity contribution in [2.75, 3.05) is 37.0 Å². The zero-order chi connectivity index (χ0) is 25.1. The van der Waals surface area contributed by atoms with Gasteiger partial charge in [-0.1, -0.05) is 45.4 Å². The number of nitrogens with zero attached hydrogens (tertiary/aromatic N) is 4. The van der Waals surface area contributed by atoms with Gasteiger partial charge in [0.1, 0.15) is 16.8 Å². The van der Waals surface area contributed by atoms with E-state index in [-0.39, 0.29) is 11.8 Å². The SMILES string of the molecule is CC.CCC(C)Sc1nc(SCOC=O)nc(N2CCN(C(=O)c3ccc(C)cc3)CC2)c1C. The number of rotatable bonds is 9. The maximum absolute atomic E-state index is 12.9. The molecule has 9 heteroatoms. The second-order valence-electron chi connectivity index (χ2n) is 7.77. The average molecular weight is 505 g/mol. The number of hydrogen-bond acceptors (Lipinski definition) is 8. The Morgan fingerprint density at radius 1 is 1.12 bits per heavy atom. The molecule has 1 aliphatic heterocycles. The van der Waals surface area contributed by atoms with Crippen molar-refractivity contribution in [3.63, 3.8) is 0 Å². The first-order valence-corrected chi connectivity index (χ1v) is 13.6. The average Bonchev–Trinajstić information content (AvgIpc) is 2.87. The summed E-state index contributed by atoms with van der Waals surface area (Å²) in [5.41, 5.74) is 2.92. The van der Waals surface area contributed by atoms with Crippen LogP contribution in [-0.2, 0) is 9.53 Å². The Kier molecular flexibility index (Phi) is 11.7. The van der Waals surface area contributed by atoms with Gasteiger partial charge in [0.15, 0.2) is 5.16 Å². The third-order valence-corrected chi connectivity index (χ3v) is 7.48. The highest BCUT2D eigenvalue weighted by Gasteiger charge is 2.25. The van der Waals surface area contributed by atoms with Crippen molar-refractivity contribution in [1.29, 1.82) is 0 Å². The van der Waals surface area contributed by atoms with Crippen LogP contribution in [0.2, 0.25) is 0 Å². The van der Waals surface area contributed by atoms with Crippen LogP contribution in [0.5, 0.6) is 0 Å². The van der Waals surface area contributed by atoms with Gasteiger partial charge in [0.05, 0.1) is 0 Å². The summed E-state index contributed by atoms with van der Waals surface area (Å²) in [6, 6.07) is 7.72. The summed E-state index contributed by atoms with van der Waals surface area (Å²) < 4.78 is 4.82. The Labute approximate surface area is 212 Å². The number of carbonyl (C=O) groups is 2. The Morgan fingerprint density at radius 2 is 1.76 bits per heavy atom. The molecule has 1 fully saturated rings. The number of anilines is 1. The van der Waals surface area contributed by atoms with Gasteiger partial charge in [0.25, 0.3) is 12.4 Å². The molecule has 0 N–H and O–H groups in total. The van der Waals surface area contributed by atoms with E-state index in [1.165, 1.54) is 11.8 Å². The van der Waals surface area contributed by atoms with Crippen molar-refractivity contribution in [2.24, 2.45) is 0 Å². The van der Waals surface area contributed by atoms with Crippen LogP contribution in [-0.4, -0.2) is 64.6 Å². The first-order chi connectivity index (χ1) is 16.4. The predicted molar refractivity (Wildman–Crippen MR) is 141 cm³/mol. The molecule has 7 nitrogen and oxygen atoms in total. The van der Waals surface area contributed by atoms with Gasteiger partial charge >= 0.3 is 0 Å². The van der Waals surface area contributed by atoms with Gasteiger partial charge in [-0.15, -0.1) is 11.8 Å². The molecule has 186 valence electrons. The van der Waals surface area contributed by atoms with E-state index in [1.54, 1.807) is 11.8 Å². The quantitative estimate of drug-likeness (QED) is 0.115. The maximum atomic E-state index is 12.9. The Bertz CT molecular complexity index is 933. The summed E-state index contributed by atoms with van der Waals surface area (Å²) in [6.45, 7) is 15.5. The molecule has 1 saturated heterocycles. The fourth-order valence-corrected chi connectivity index (χ4v) is 4.89. The smallest absolute Gasteiger partial charge is 0.293 e. The first kappa shape index (κ1) is 28.0. The van der Waals surface area contributed by atoms with Gasteiger partial charge in [-0.3, -0.25) is 9.59 Å². The van der Waals surface area contributed by atoms with Crippen molar-refractivity contribution in [1.82, 2.24) is 14.9 Å². The van der Waals surface area contributed by atoms with E-state index in [4.69, 9.17) is 14.7 Å². The number of aromatic nitrogens is 2. The summed E-state index contributed by atoms with van der Waals surface area (Å²) in [5, 5.41) is 1.98. The van der Waals surface area contributed by atoms with Gasteiger partial charge in [-0.2, -0.15) is 0 Å². The van der Waals surface area contributed by atoms with Crippen LogP contribution in [0.4, 0.5) is 5.82 Å². The molecule has 0 radical (unpaired) electrons. The lowest BCUT2D eigenvalue weighted by atomic mass is 10.1. The molecule has 1 aliphatic rings. The van der Waals surface area contributed by atoms with Gasteiger partial charge in [0, 0.05) is 42.6 Å². The third-order valence-electron chi connectivity index (χ3n) is 5.43. The van der Waals surface area contributed by atoms with E-state index in [0.717, 1.165) is 34.0 Å². The number of thioether (sulfide) groups is 2. The summed E-state index contributed by atoms with van der Waals surface area (Å²) >= 11 is 3.04. The second kappa shape index (κ2) is 14.2. The van der Waals surface area contributed by atoms with Crippen LogP contribution in [0.25, 0.3) is 0 Å². The number of hydrogen-bond donors (Lipinski definition) is 0. The zero-order valence-electron chi connectivity index (χ0n) is 21.0. The van der Waals surface area contributed by atoms with Crippen molar-refractivity contribution in [3.8, 4) is 0 Å². The monoisotopic (exact) mass is 504 g/mol. The zero-order valence-corrected chi connectivity index (χ0v) is 22.7. The Hall–Kier alpha value is -2.26. The van der Waals surface area contributed by atoms with Crippen LogP contribution in [0, 0.1) is 13.8 Å². The lowest BCUT2D eigenvalue weighted by Gasteiger charge is -2.36. The number of benzene rings is 1. The molecule has 1 aromatic carbocycles. The van der Waals surface area contributed by atoms with Crippen molar-refractivity contribution in [2.45, 2.75) is 63.4 Å². The van der Waals surface area contributed by atoms with Gasteiger partial charge in [0.2, 0.25) is 0 Å². The third kappa shape index (κ3) is 7.63. The molecule has 0 aliphatic carbocycles. The fourth-order valence-electron chi connectivity index (χ4n) is 3.34. The molecule has 1 unspecified atom stereocenters. The molecule has 0 bridgehead atoms. The van der Waals surface area contributed by atoms with Gasteiger partial charge in [-0.25, -0.2) is 9.97 Å². The molecule has 34 heavy (non-hydrogen) atoms. The van der Waals surface area contributed by atoms with Crippen molar-refractivity contribution in [3.05, 3.63) is 41.0 Å². The molecule has 1 atom stereocenters. The van der Waals surface area contributed by atoms with Crippen LogP contribution in [0.3, 0.4) is 0 Å². The molecule has 0 saturated carbocycles. The summed E-state index contributed by atoms with van der Waals surface area (Å²) in [6.07, 6.45) is 1.04. The molecule has 2 aromatic rings. The minimum absolute atomic E-state index is 0.0688. The van der Waals surface area contributed by atoms with E-state index in [1.807, 2.05) is 49.9 Å². The molecular weight excluding hydrogens is 468 g/mol. The number of aryl methyl sites for hydroxylation is 1. The summed E-state index contributed by atoms with van der Waals surface area (Å²) in [5.74, 6) is 1.14. The Morgan fingerprint density at radius 3 is 2.35 bits per heavy atom. The molecular formula is C25H36N4O3S2. The summed E-state index contributed by atoms with van der Waals surface area (Å²) in [7, 11) is 0. The Balaban J connectivity index is 0.00000199. The van der Waals surface area contributed by atoms with E-state index in [2.05, 4.69) is 25.7 Å². The van der Waals surface area contributed by atoms with E-state index in [9.17, 15) is 9.59 Å². The number of amides is 1. The van der Waals surface area contributed by atoms with E-state index >= 15 is 0 Å². The highest BCUT2D eigenvalue weighted by Crippen LogP contribution is 2.33. The standard InChI is InChI=1S/C23H30N4O3S2.C2H6/c1-5-17(3)32-21-18(4)20(24-23(25-21)31-15-30-14-28)26-10-12-27(13-11-26)22(29)19-8-6-16(2)7-9-19;1-2/h6-9,14,17H,5,10-13,15H2,1-4H3;1-2H3. The lowest BCUT2D eigenvalue weighted by molar-refractivity contribution is -0.126. The number of piperazine rings is 1. The largest absolute Gasteiger partial charge is 0.456 e. The number of carbonyl (C=O) groups excluding carboxylic acids is 2. The molecule has 1 amide bonds. The van der Waals surface area contributed by atoms with Crippen LogP contribution in [0.1, 0.15) is 55.6 Å². The van der Waals surface area contributed by atoms with Crippen LogP contribution >= 0.6 is 23.5 Å². The molecule has 3 rings (SSSR count). The fraction of sp³-hybridized carbons (Fsp3) is 0.520. The highest BCUT2D eigenvalue weighted by molar-refractivity contribution is 8.00. The normalized spacial score (nSPS) is 14.2. The summed E-state index contributed by atoms with van der Waals surface area (Å²) in [4.78, 5) is 37.0. The van der Waals surface area contributed by atoms with Gasteiger partial charge in [-0.05, 0) is 44.2 Å². The number of ether oxygens (including phenoxy) is 1. The minimum Gasteiger partial charge on any atom is -0.456 e. The highest BCUT2D eigenvalue weighted by atomic mass is 32.2. The van der Waals surface area contributed by atoms with Crippen LogP contribution in [0.15, 0.2) is 34.4 Å². The van der Waals surface area contributed by atoms with Crippen molar-refractivity contribution < 1.29 is 14.3 Å². The lowest BCUT2D eigenvalue weighted by Crippen LogP contribution is -2.49. The van der Waals surface area contributed by atoms with E-state index in [0.29, 0.717) is 43.1 Å². The van der Waals surface area contributed by atoms with Crippen LogP contribution < -0.4 is 4.90 Å². The second-order valence-corrected chi connectivity index (χ2v) is 10.1. The molecule has 2 heterocycles. The maximum Gasteiger partial charge on any atom is 0.293 e. The van der Waals surface area contributed by atoms with Crippen molar-refractivity contribution >= 4 is 41.7 Å². The predicted octanol–water partition coefficient (Wildman–Crippen LogP) is 5.20. The molecule has 0 spiro atoms. The van der Waals surface area contributed by atoms with E-state index < -0.39 is 0 Å². The first-order valence-electron chi connectivity index (χ1n) is 11.8. The van der Waals surface area contributed by atoms with Gasteiger partial charge < -0.3 is 14.5 Å².